The second-order valence-corrected chi connectivity index (χ2v) is 11.5. The Morgan fingerprint density at radius 1 is 1.07 bits per heavy atom. The fraction of sp³-hybridized carbons (Fsp3) is 0.700. The van der Waals surface area contributed by atoms with Crippen molar-refractivity contribution in [3.05, 3.63) is 21.4 Å². The molecule has 0 spiro atoms. The third kappa shape index (κ3) is 4.27. The third-order valence-electron chi connectivity index (χ3n) is 6.13. The van der Waals surface area contributed by atoms with Gasteiger partial charge in [0.15, 0.2) is 16.4 Å². The monoisotopic (exact) mass is 425 g/mol. The van der Waals surface area contributed by atoms with E-state index >= 15 is 0 Å². The lowest BCUT2D eigenvalue weighted by atomic mass is 9.99. The van der Waals surface area contributed by atoms with Gasteiger partial charge in [0.2, 0.25) is 0 Å². The minimum absolute atomic E-state index is 0.0286. The van der Waals surface area contributed by atoms with Crippen LogP contribution in [0.2, 0.25) is 0 Å². The molecule has 1 aliphatic heterocycles. The van der Waals surface area contributed by atoms with Crippen LogP contribution in [0.25, 0.3) is 0 Å². The van der Waals surface area contributed by atoms with E-state index in [1.807, 2.05) is 6.07 Å². The van der Waals surface area contributed by atoms with Crippen LogP contribution < -0.4 is 0 Å². The minimum atomic E-state index is -3.08. The van der Waals surface area contributed by atoms with Crippen molar-refractivity contribution in [3.8, 4) is 0 Å². The Bertz CT molecular complexity index is 830. The SMILES string of the molecule is O=C(OCC(=O)N(C1CCCC1)[C@@H]1CCS(=O)(=O)C1)c1cc2c(s1)CCCC2. The van der Waals surface area contributed by atoms with Gasteiger partial charge in [0.05, 0.1) is 11.5 Å². The summed E-state index contributed by atoms with van der Waals surface area (Å²) in [6, 6.07) is 1.69. The number of sulfone groups is 1. The number of nitrogens with zero attached hydrogens (tertiary/aromatic N) is 1. The second-order valence-electron chi connectivity index (χ2n) is 8.14. The molecule has 0 radical (unpaired) electrons. The van der Waals surface area contributed by atoms with E-state index in [-0.39, 0.29) is 36.1 Å². The molecule has 8 heteroatoms. The van der Waals surface area contributed by atoms with Crippen LogP contribution in [-0.2, 0) is 32.2 Å². The van der Waals surface area contributed by atoms with Crippen LogP contribution in [0.15, 0.2) is 6.07 Å². The first-order valence-electron chi connectivity index (χ1n) is 10.2. The quantitative estimate of drug-likeness (QED) is 0.678. The molecule has 0 aromatic carbocycles. The molecule has 1 saturated heterocycles. The first-order valence-corrected chi connectivity index (χ1v) is 12.9. The van der Waals surface area contributed by atoms with Crippen LogP contribution in [0.4, 0.5) is 0 Å². The minimum Gasteiger partial charge on any atom is -0.451 e. The Morgan fingerprint density at radius 3 is 2.50 bits per heavy atom. The largest absolute Gasteiger partial charge is 0.451 e. The number of fused-ring (bicyclic) bond motifs is 1. The summed E-state index contributed by atoms with van der Waals surface area (Å²) in [5.74, 6) is -0.544. The molecule has 1 saturated carbocycles. The fourth-order valence-corrected chi connectivity index (χ4v) is 7.61. The number of amides is 1. The van der Waals surface area contributed by atoms with E-state index in [2.05, 4.69) is 0 Å². The number of carbonyl (C=O) groups is 2. The summed E-state index contributed by atoms with van der Waals surface area (Å²) in [5.41, 5.74) is 1.23. The van der Waals surface area contributed by atoms with Gasteiger partial charge < -0.3 is 9.64 Å². The standard InChI is InChI=1S/C20H27NO5S2/c22-19(12-26-20(23)18-11-14-5-1-4-8-17(14)27-18)21(15-6-2-3-7-15)16-9-10-28(24,25)13-16/h11,15-16H,1-10,12-13H2/t16-/m1/s1. The Morgan fingerprint density at radius 2 is 1.82 bits per heavy atom. The third-order valence-corrected chi connectivity index (χ3v) is 9.10. The van der Waals surface area contributed by atoms with E-state index in [1.54, 1.807) is 4.90 Å². The molecule has 0 bridgehead atoms. The molecule has 2 heterocycles. The fourth-order valence-electron chi connectivity index (χ4n) is 4.75. The molecule has 1 aromatic heterocycles. The van der Waals surface area contributed by atoms with Crippen LogP contribution in [-0.4, -0.2) is 55.4 Å². The van der Waals surface area contributed by atoms with Crippen LogP contribution in [0.1, 0.15) is 65.1 Å². The maximum Gasteiger partial charge on any atom is 0.348 e. The molecule has 1 amide bonds. The molecule has 0 unspecified atom stereocenters. The zero-order valence-electron chi connectivity index (χ0n) is 16.0. The Labute approximate surface area is 170 Å². The van der Waals surface area contributed by atoms with Gasteiger partial charge in [-0.05, 0) is 56.6 Å². The van der Waals surface area contributed by atoms with Crippen molar-refractivity contribution < 1.29 is 22.7 Å². The Balaban J connectivity index is 1.41. The van der Waals surface area contributed by atoms with E-state index in [0.29, 0.717) is 11.3 Å². The van der Waals surface area contributed by atoms with Gasteiger partial charge in [-0.1, -0.05) is 12.8 Å². The molecule has 0 N–H and O–H groups in total. The number of hydrogen-bond donors (Lipinski definition) is 0. The number of ether oxygens (including phenoxy) is 1. The first-order chi connectivity index (χ1) is 13.4. The highest BCUT2D eigenvalue weighted by Crippen LogP contribution is 2.31. The Hall–Kier alpha value is -1.41. The van der Waals surface area contributed by atoms with Crippen LogP contribution in [0, 0.1) is 0 Å². The van der Waals surface area contributed by atoms with E-state index in [1.165, 1.54) is 21.8 Å². The Kier molecular flexibility index (Phi) is 5.78. The molecule has 1 atom stereocenters. The number of carbonyl (C=O) groups excluding carboxylic acids is 2. The predicted octanol–water partition coefficient (Wildman–Crippen LogP) is 2.74. The van der Waals surface area contributed by atoms with Gasteiger partial charge in [-0.25, -0.2) is 13.2 Å². The molecule has 6 nitrogen and oxygen atoms in total. The van der Waals surface area contributed by atoms with Crippen molar-refractivity contribution in [2.24, 2.45) is 0 Å². The summed E-state index contributed by atoms with van der Waals surface area (Å²) >= 11 is 1.48. The van der Waals surface area contributed by atoms with Gasteiger partial charge in [0, 0.05) is 17.0 Å². The molecular formula is C20H27NO5S2. The van der Waals surface area contributed by atoms with Gasteiger partial charge in [-0.3, -0.25) is 4.79 Å². The molecule has 1 aromatic rings. The van der Waals surface area contributed by atoms with Crippen LogP contribution >= 0.6 is 11.3 Å². The van der Waals surface area contributed by atoms with Crippen molar-refractivity contribution in [1.82, 2.24) is 4.90 Å². The van der Waals surface area contributed by atoms with Crippen molar-refractivity contribution in [3.63, 3.8) is 0 Å². The molecular weight excluding hydrogens is 398 g/mol. The van der Waals surface area contributed by atoms with Gasteiger partial charge in [0.25, 0.3) is 5.91 Å². The van der Waals surface area contributed by atoms with Crippen molar-refractivity contribution >= 4 is 33.1 Å². The smallest absolute Gasteiger partial charge is 0.348 e. The summed E-state index contributed by atoms with van der Waals surface area (Å²) in [5, 5.41) is 0. The number of rotatable bonds is 5. The zero-order chi connectivity index (χ0) is 19.7. The number of esters is 1. The van der Waals surface area contributed by atoms with Crippen LogP contribution in [0.5, 0.6) is 0 Å². The maximum atomic E-state index is 12.9. The highest BCUT2D eigenvalue weighted by molar-refractivity contribution is 7.91. The average molecular weight is 426 g/mol. The predicted molar refractivity (Wildman–Crippen MR) is 107 cm³/mol. The first kappa shape index (κ1) is 19.9. The molecule has 3 aliphatic rings. The second kappa shape index (κ2) is 8.14. The lowest BCUT2D eigenvalue weighted by Crippen LogP contribution is -2.48. The lowest BCUT2D eigenvalue weighted by molar-refractivity contribution is -0.139. The highest BCUT2D eigenvalue weighted by atomic mass is 32.2. The summed E-state index contributed by atoms with van der Waals surface area (Å²) in [7, 11) is -3.08. The summed E-state index contributed by atoms with van der Waals surface area (Å²) in [6.07, 6.45) is 8.70. The van der Waals surface area contributed by atoms with Gasteiger partial charge in [0.1, 0.15) is 4.88 Å². The zero-order valence-corrected chi connectivity index (χ0v) is 17.7. The van der Waals surface area contributed by atoms with Crippen molar-refractivity contribution in [2.45, 2.75) is 69.9 Å². The van der Waals surface area contributed by atoms with E-state index < -0.39 is 15.8 Å². The maximum absolute atomic E-state index is 12.9. The van der Waals surface area contributed by atoms with Gasteiger partial charge in [-0.2, -0.15) is 0 Å². The highest BCUT2D eigenvalue weighted by Gasteiger charge is 2.39. The van der Waals surface area contributed by atoms with Crippen LogP contribution in [0.3, 0.4) is 0 Å². The van der Waals surface area contributed by atoms with Crippen molar-refractivity contribution in [2.75, 3.05) is 18.1 Å². The molecule has 2 fully saturated rings. The van der Waals surface area contributed by atoms with Gasteiger partial charge in [-0.15, -0.1) is 11.3 Å². The summed E-state index contributed by atoms with van der Waals surface area (Å²) in [6.45, 7) is -0.311. The number of hydrogen-bond acceptors (Lipinski definition) is 6. The normalized spacial score (nSPS) is 24.1. The van der Waals surface area contributed by atoms with E-state index in [4.69, 9.17) is 4.74 Å². The molecule has 2 aliphatic carbocycles. The lowest BCUT2D eigenvalue weighted by Gasteiger charge is -2.33. The summed E-state index contributed by atoms with van der Waals surface area (Å²) < 4.78 is 29.2. The van der Waals surface area contributed by atoms with Crippen molar-refractivity contribution in [1.29, 1.82) is 0 Å². The molecule has 4 rings (SSSR count). The van der Waals surface area contributed by atoms with Gasteiger partial charge >= 0.3 is 5.97 Å². The number of aryl methyl sites for hydroxylation is 2. The van der Waals surface area contributed by atoms with E-state index in [9.17, 15) is 18.0 Å². The molecule has 154 valence electrons. The molecule has 28 heavy (non-hydrogen) atoms. The van der Waals surface area contributed by atoms with E-state index in [0.717, 1.165) is 51.4 Å². The summed E-state index contributed by atoms with van der Waals surface area (Å²) in [4.78, 5) is 28.9. The topological polar surface area (TPSA) is 80.8 Å². The average Bonchev–Trinajstić information content (AvgIpc) is 3.39. The number of thiophene rings is 1.